The lowest BCUT2D eigenvalue weighted by Gasteiger charge is -2.25. The highest BCUT2D eigenvalue weighted by atomic mass is 79.9. The van der Waals surface area contributed by atoms with Gasteiger partial charge in [0.2, 0.25) is 0 Å². The molecule has 5 heteroatoms. The van der Waals surface area contributed by atoms with Crippen molar-refractivity contribution in [2.45, 2.75) is 39.2 Å². The summed E-state index contributed by atoms with van der Waals surface area (Å²) in [4.78, 5) is 14.4. The van der Waals surface area contributed by atoms with Gasteiger partial charge in [0.1, 0.15) is 5.75 Å². The Bertz CT molecular complexity index is 807. The molecule has 2 aromatic carbocycles. The SMILES string of the molecule is CC(C)(C)c1cc(Br)ccc1OCC(=O)N(CCC#N)Cc1ccccc1. The van der Waals surface area contributed by atoms with E-state index in [1.807, 2.05) is 48.5 Å². The Morgan fingerprint density at radius 3 is 2.52 bits per heavy atom. The highest BCUT2D eigenvalue weighted by Gasteiger charge is 2.21. The van der Waals surface area contributed by atoms with E-state index < -0.39 is 0 Å². The van der Waals surface area contributed by atoms with E-state index in [-0.39, 0.29) is 17.9 Å². The van der Waals surface area contributed by atoms with Gasteiger partial charge in [-0.2, -0.15) is 5.26 Å². The summed E-state index contributed by atoms with van der Waals surface area (Å²) in [7, 11) is 0. The maximum atomic E-state index is 12.7. The zero-order chi connectivity index (χ0) is 19.9. The molecule has 0 aliphatic rings. The van der Waals surface area contributed by atoms with Crippen LogP contribution in [0.1, 0.15) is 38.3 Å². The molecule has 0 radical (unpaired) electrons. The zero-order valence-corrected chi connectivity index (χ0v) is 17.6. The van der Waals surface area contributed by atoms with E-state index in [1.54, 1.807) is 4.90 Å². The van der Waals surface area contributed by atoms with Crippen LogP contribution in [-0.4, -0.2) is 24.0 Å². The molecule has 0 bridgehead atoms. The highest BCUT2D eigenvalue weighted by molar-refractivity contribution is 9.10. The molecule has 0 aliphatic carbocycles. The molecule has 2 aromatic rings. The molecule has 0 aliphatic heterocycles. The molecular formula is C22H25BrN2O2. The second kappa shape index (κ2) is 9.57. The summed E-state index contributed by atoms with van der Waals surface area (Å²) in [6.07, 6.45) is 0.296. The average Bonchev–Trinajstić information content (AvgIpc) is 2.64. The van der Waals surface area contributed by atoms with Crippen molar-refractivity contribution in [3.63, 3.8) is 0 Å². The number of hydrogen-bond donors (Lipinski definition) is 0. The minimum atomic E-state index is -0.128. The molecule has 0 aromatic heterocycles. The molecule has 0 atom stereocenters. The van der Waals surface area contributed by atoms with Gasteiger partial charge in [0.05, 0.1) is 12.5 Å². The fourth-order valence-electron chi connectivity index (χ4n) is 2.73. The lowest BCUT2D eigenvalue weighted by Crippen LogP contribution is -2.35. The quantitative estimate of drug-likeness (QED) is 0.618. The summed E-state index contributed by atoms with van der Waals surface area (Å²) >= 11 is 3.50. The van der Waals surface area contributed by atoms with Crippen LogP contribution in [0.3, 0.4) is 0 Å². The third-order valence-corrected chi connectivity index (χ3v) is 4.66. The van der Waals surface area contributed by atoms with Gasteiger partial charge in [-0.1, -0.05) is 67.0 Å². The number of rotatable bonds is 7. The molecule has 1 amide bonds. The third kappa shape index (κ3) is 6.41. The Morgan fingerprint density at radius 2 is 1.89 bits per heavy atom. The monoisotopic (exact) mass is 428 g/mol. The summed E-state index contributed by atoms with van der Waals surface area (Å²) < 4.78 is 6.86. The predicted octanol–water partition coefficient (Wildman–Crippen LogP) is 5.07. The molecule has 4 nitrogen and oxygen atoms in total. The predicted molar refractivity (Wildman–Crippen MR) is 110 cm³/mol. The van der Waals surface area contributed by atoms with Crippen LogP contribution in [0.25, 0.3) is 0 Å². The fourth-order valence-corrected chi connectivity index (χ4v) is 3.09. The van der Waals surface area contributed by atoms with Crippen molar-refractivity contribution in [1.29, 1.82) is 5.26 Å². The third-order valence-electron chi connectivity index (χ3n) is 4.16. The number of halogens is 1. The fraction of sp³-hybridized carbons (Fsp3) is 0.364. The van der Waals surface area contributed by atoms with Gasteiger partial charge in [-0.3, -0.25) is 4.79 Å². The van der Waals surface area contributed by atoms with Crippen LogP contribution < -0.4 is 4.74 Å². The van der Waals surface area contributed by atoms with Gasteiger partial charge in [0.25, 0.3) is 5.91 Å². The average molecular weight is 429 g/mol. The van der Waals surface area contributed by atoms with Crippen LogP contribution >= 0.6 is 15.9 Å². The van der Waals surface area contributed by atoms with E-state index in [0.29, 0.717) is 25.3 Å². The van der Waals surface area contributed by atoms with Crippen molar-refractivity contribution in [2.75, 3.05) is 13.2 Å². The van der Waals surface area contributed by atoms with Gasteiger partial charge in [0.15, 0.2) is 6.61 Å². The van der Waals surface area contributed by atoms with Crippen molar-refractivity contribution < 1.29 is 9.53 Å². The number of nitriles is 1. The maximum Gasteiger partial charge on any atom is 0.260 e. The van der Waals surface area contributed by atoms with Crippen LogP contribution in [-0.2, 0) is 16.8 Å². The highest BCUT2D eigenvalue weighted by Crippen LogP contribution is 2.33. The van der Waals surface area contributed by atoms with Gasteiger partial charge >= 0.3 is 0 Å². The molecule has 142 valence electrons. The second-order valence-electron chi connectivity index (χ2n) is 7.39. The van der Waals surface area contributed by atoms with Crippen LogP contribution in [0.15, 0.2) is 53.0 Å². The number of ether oxygens (including phenoxy) is 1. The van der Waals surface area contributed by atoms with E-state index in [4.69, 9.17) is 10.00 Å². The first kappa shape index (κ1) is 21.0. The Morgan fingerprint density at radius 1 is 1.19 bits per heavy atom. The topological polar surface area (TPSA) is 53.3 Å². The Balaban J connectivity index is 2.10. The van der Waals surface area contributed by atoms with Gasteiger partial charge in [-0.05, 0) is 29.2 Å². The van der Waals surface area contributed by atoms with E-state index in [2.05, 4.69) is 42.8 Å². The van der Waals surface area contributed by atoms with E-state index in [9.17, 15) is 4.79 Å². The van der Waals surface area contributed by atoms with Crippen molar-refractivity contribution in [3.05, 3.63) is 64.1 Å². The Hall–Kier alpha value is -2.32. The Kier molecular flexibility index (Phi) is 7.44. The normalized spacial score (nSPS) is 10.9. The van der Waals surface area contributed by atoms with E-state index in [0.717, 1.165) is 15.6 Å². The van der Waals surface area contributed by atoms with Gasteiger partial charge in [0, 0.05) is 23.1 Å². The first-order valence-electron chi connectivity index (χ1n) is 8.92. The molecule has 0 unspecified atom stereocenters. The van der Waals surface area contributed by atoms with Crippen molar-refractivity contribution in [2.24, 2.45) is 0 Å². The van der Waals surface area contributed by atoms with Crippen LogP contribution in [0.5, 0.6) is 5.75 Å². The largest absolute Gasteiger partial charge is 0.483 e. The molecule has 0 saturated carbocycles. The number of hydrogen-bond acceptors (Lipinski definition) is 3. The molecule has 27 heavy (non-hydrogen) atoms. The van der Waals surface area contributed by atoms with E-state index >= 15 is 0 Å². The molecule has 0 N–H and O–H groups in total. The molecule has 2 rings (SSSR count). The number of carbonyl (C=O) groups is 1. The summed E-state index contributed by atoms with van der Waals surface area (Å²) in [5.74, 6) is 0.580. The minimum Gasteiger partial charge on any atom is -0.483 e. The number of nitrogens with zero attached hydrogens (tertiary/aromatic N) is 2. The first-order valence-corrected chi connectivity index (χ1v) is 9.72. The summed E-state index contributed by atoms with van der Waals surface area (Å²) in [6, 6.07) is 17.7. The van der Waals surface area contributed by atoms with Crippen molar-refractivity contribution in [1.82, 2.24) is 4.90 Å². The van der Waals surface area contributed by atoms with Gasteiger partial charge < -0.3 is 9.64 Å². The molecule has 0 heterocycles. The smallest absolute Gasteiger partial charge is 0.260 e. The maximum absolute atomic E-state index is 12.7. The minimum absolute atomic E-state index is 0.0526. The van der Waals surface area contributed by atoms with Crippen LogP contribution in [0.2, 0.25) is 0 Å². The number of benzene rings is 2. The lowest BCUT2D eigenvalue weighted by molar-refractivity contribution is -0.134. The summed E-state index contributed by atoms with van der Waals surface area (Å²) in [5.41, 5.74) is 1.96. The molecule has 0 spiro atoms. The molecular weight excluding hydrogens is 404 g/mol. The Labute approximate surface area is 169 Å². The number of carbonyl (C=O) groups excluding carboxylic acids is 1. The lowest BCUT2D eigenvalue weighted by atomic mass is 9.86. The second-order valence-corrected chi connectivity index (χ2v) is 8.30. The van der Waals surface area contributed by atoms with E-state index in [1.165, 1.54) is 0 Å². The first-order chi connectivity index (χ1) is 12.8. The standard InChI is InChI=1S/C22H25BrN2O2/c1-22(2,3)19-14-18(23)10-11-20(19)27-16-21(26)25(13-7-12-24)15-17-8-5-4-6-9-17/h4-6,8-11,14H,7,13,15-16H2,1-3H3. The van der Waals surface area contributed by atoms with Crippen LogP contribution in [0, 0.1) is 11.3 Å². The van der Waals surface area contributed by atoms with Gasteiger partial charge in [-0.15, -0.1) is 0 Å². The number of amides is 1. The summed E-state index contributed by atoms with van der Waals surface area (Å²) in [5, 5.41) is 8.90. The molecule has 0 fully saturated rings. The zero-order valence-electron chi connectivity index (χ0n) is 16.0. The summed E-state index contributed by atoms with van der Waals surface area (Å²) in [6.45, 7) is 7.13. The molecule has 0 saturated heterocycles. The van der Waals surface area contributed by atoms with Crippen molar-refractivity contribution in [3.8, 4) is 11.8 Å². The van der Waals surface area contributed by atoms with Gasteiger partial charge in [-0.25, -0.2) is 0 Å². The van der Waals surface area contributed by atoms with Crippen molar-refractivity contribution >= 4 is 21.8 Å². The van der Waals surface area contributed by atoms with Crippen LogP contribution in [0.4, 0.5) is 0 Å².